The van der Waals surface area contributed by atoms with E-state index in [-0.39, 0.29) is 22.6 Å². The Morgan fingerprint density at radius 3 is 2.33 bits per heavy atom. The van der Waals surface area contributed by atoms with Gasteiger partial charge in [-0.25, -0.2) is 13.6 Å². The number of rotatable bonds is 4. The van der Waals surface area contributed by atoms with Gasteiger partial charge in [-0.1, -0.05) is 12.1 Å². The van der Waals surface area contributed by atoms with Crippen molar-refractivity contribution in [3.63, 3.8) is 0 Å². The number of urea groups is 1. The third-order valence-electron chi connectivity index (χ3n) is 5.26. The fourth-order valence-electron chi connectivity index (χ4n) is 3.69. The van der Waals surface area contributed by atoms with Crippen molar-refractivity contribution in [2.75, 3.05) is 0 Å². The van der Waals surface area contributed by atoms with Gasteiger partial charge in [0.15, 0.2) is 5.78 Å². The fourth-order valence-corrected chi connectivity index (χ4v) is 3.69. The molecule has 3 atom stereocenters. The first-order chi connectivity index (χ1) is 15.5. The lowest BCUT2D eigenvalue weighted by Crippen LogP contribution is -2.72. The molecule has 2 amide bonds. The van der Waals surface area contributed by atoms with Crippen molar-refractivity contribution in [1.29, 1.82) is 0 Å². The standard InChI is InChI=1S/C22H15F5N2O4/c23-13-6-4-11(5-7-13)19(30)17-18(28-20(31)29-21(17,32)22(25,26)27)16-9-8-15(33-16)12-2-1-3-14(24)10-12/h1-10,17-18,32H,(H2,28,29,31)/t17-,18-,21+/m1/s1. The van der Waals surface area contributed by atoms with Gasteiger partial charge >= 0.3 is 12.2 Å². The van der Waals surface area contributed by atoms with Crippen molar-refractivity contribution in [2.45, 2.75) is 17.9 Å². The van der Waals surface area contributed by atoms with Gasteiger partial charge < -0.3 is 20.2 Å². The molecule has 3 N–H and O–H groups in total. The molecule has 6 nitrogen and oxygen atoms in total. The Labute approximate surface area is 183 Å². The molecule has 0 aliphatic carbocycles. The summed E-state index contributed by atoms with van der Waals surface area (Å²) in [5.74, 6) is -5.11. The van der Waals surface area contributed by atoms with E-state index in [4.69, 9.17) is 4.42 Å². The van der Waals surface area contributed by atoms with Crippen LogP contribution in [0.1, 0.15) is 22.2 Å². The van der Waals surface area contributed by atoms with E-state index in [2.05, 4.69) is 5.32 Å². The highest BCUT2D eigenvalue weighted by Gasteiger charge is 2.66. The smallest absolute Gasteiger partial charge is 0.437 e. The van der Waals surface area contributed by atoms with Crippen LogP contribution in [-0.2, 0) is 0 Å². The lowest BCUT2D eigenvalue weighted by Gasteiger charge is -2.44. The van der Waals surface area contributed by atoms with Crippen molar-refractivity contribution in [1.82, 2.24) is 10.6 Å². The summed E-state index contributed by atoms with van der Waals surface area (Å²) in [7, 11) is 0. The second-order valence-electron chi connectivity index (χ2n) is 7.40. The predicted molar refractivity (Wildman–Crippen MR) is 104 cm³/mol. The molecule has 0 unspecified atom stereocenters. The number of nitrogens with one attached hydrogen (secondary N) is 2. The largest absolute Gasteiger partial charge is 0.459 e. The van der Waals surface area contributed by atoms with E-state index >= 15 is 0 Å². The van der Waals surface area contributed by atoms with E-state index in [9.17, 15) is 36.6 Å². The predicted octanol–water partition coefficient (Wildman–Crippen LogP) is 4.33. The van der Waals surface area contributed by atoms with Gasteiger partial charge in [0, 0.05) is 11.1 Å². The molecule has 2 heterocycles. The highest BCUT2D eigenvalue weighted by Crippen LogP contribution is 2.44. The number of aliphatic hydroxyl groups is 1. The number of alkyl halides is 3. The van der Waals surface area contributed by atoms with E-state index in [1.165, 1.54) is 35.6 Å². The second kappa shape index (κ2) is 8.00. The van der Waals surface area contributed by atoms with Crippen LogP contribution < -0.4 is 10.6 Å². The quantitative estimate of drug-likeness (QED) is 0.394. The first-order valence-corrected chi connectivity index (χ1v) is 9.53. The Balaban J connectivity index is 1.81. The Hall–Kier alpha value is -3.73. The molecule has 1 saturated heterocycles. The lowest BCUT2D eigenvalue weighted by molar-refractivity contribution is -0.288. The van der Waals surface area contributed by atoms with Crippen LogP contribution >= 0.6 is 0 Å². The Bertz CT molecular complexity index is 1210. The summed E-state index contributed by atoms with van der Waals surface area (Å²) in [4.78, 5) is 25.2. The van der Waals surface area contributed by atoms with Gasteiger partial charge in [-0.3, -0.25) is 4.79 Å². The summed E-state index contributed by atoms with van der Waals surface area (Å²) >= 11 is 0. The number of halogens is 5. The molecule has 11 heteroatoms. The maximum Gasteiger partial charge on any atom is 0.437 e. The SMILES string of the molecule is O=C1N[C@H](c2ccc(-c3cccc(F)c3)o2)[C@H](C(=O)c2ccc(F)cc2)[C@](O)(C(F)(F)F)N1. The van der Waals surface area contributed by atoms with Gasteiger partial charge in [-0.05, 0) is 48.5 Å². The maximum atomic E-state index is 13.9. The lowest BCUT2D eigenvalue weighted by atomic mass is 9.79. The molecule has 1 fully saturated rings. The summed E-state index contributed by atoms with van der Waals surface area (Å²) in [6, 6.07) is 8.22. The minimum absolute atomic E-state index is 0.0563. The number of benzene rings is 2. The number of hydrogen-bond donors (Lipinski definition) is 3. The normalized spacial score (nSPS) is 23.0. The number of carbonyl (C=O) groups is 2. The van der Waals surface area contributed by atoms with Gasteiger partial charge in [0.05, 0.1) is 0 Å². The van der Waals surface area contributed by atoms with Crippen molar-refractivity contribution in [2.24, 2.45) is 5.92 Å². The number of amides is 2. The van der Waals surface area contributed by atoms with Crippen LogP contribution in [0.4, 0.5) is 26.7 Å². The molecule has 1 aromatic heterocycles. The van der Waals surface area contributed by atoms with Gasteiger partial charge in [-0.15, -0.1) is 0 Å². The Morgan fingerprint density at radius 2 is 1.70 bits per heavy atom. The van der Waals surface area contributed by atoms with E-state index < -0.39 is 47.3 Å². The minimum atomic E-state index is -5.46. The minimum Gasteiger partial charge on any atom is -0.459 e. The molecule has 1 aliphatic heterocycles. The molecule has 172 valence electrons. The number of furan rings is 1. The zero-order valence-electron chi connectivity index (χ0n) is 16.5. The summed E-state index contributed by atoms with van der Waals surface area (Å²) in [5, 5.41) is 14.1. The van der Waals surface area contributed by atoms with Crippen molar-refractivity contribution in [3.8, 4) is 11.3 Å². The Kier molecular flexibility index (Phi) is 5.44. The third-order valence-corrected chi connectivity index (χ3v) is 5.26. The number of hydrogen-bond acceptors (Lipinski definition) is 4. The maximum absolute atomic E-state index is 13.9. The van der Waals surface area contributed by atoms with Crippen LogP contribution in [-0.4, -0.2) is 28.8 Å². The molecule has 1 aliphatic rings. The summed E-state index contributed by atoms with van der Waals surface area (Å²) in [6.45, 7) is 0. The molecule has 4 rings (SSSR count). The summed E-state index contributed by atoms with van der Waals surface area (Å²) < 4.78 is 74.1. The molecule has 3 aromatic rings. The van der Waals surface area contributed by atoms with Crippen molar-refractivity contribution >= 4 is 11.8 Å². The molecular formula is C22H15F5N2O4. The number of carbonyl (C=O) groups excluding carboxylic acids is 2. The van der Waals surface area contributed by atoms with Crippen LogP contribution in [0, 0.1) is 17.6 Å². The molecule has 33 heavy (non-hydrogen) atoms. The van der Waals surface area contributed by atoms with Crippen molar-refractivity contribution in [3.05, 3.63) is 83.6 Å². The van der Waals surface area contributed by atoms with E-state index in [0.29, 0.717) is 0 Å². The highest BCUT2D eigenvalue weighted by atomic mass is 19.4. The molecule has 2 aromatic carbocycles. The van der Waals surface area contributed by atoms with Crippen LogP contribution in [0.25, 0.3) is 11.3 Å². The summed E-state index contributed by atoms with van der Waals surface area (Å²) in [5.41, 5.74) is -4.03. The van der Waals surface area contributed by atoms with Crippen LogP contribution in [0.2, 0.25) is 0 Å². The molecular weight excluding hydrogens is 451 g/mol. The molecule has 0 spiro atoms. The number of Topliss-reactive ketones (excluding diaryl/α,β-unsaturated/α-hetero) is 1. The average molecular weight is 466 g/mol. The van der Waals surface area contributed by atoms with E-state index in [0.717, 1.165) is 30.3 Å². The Morgan fingerprint density at radius 1 is 1.00 bits per heavy atom. The number of ketones is 1. The van der Waals surface area contributed by atoms with Gasteiger partial charge in [0.1, 0.15) is 35.1 Å². The average Bonchev–Trinajstić information content (AvgIpc) is 3.23. The van der Waals surface area contributed by atoms with Crippen LogP contribution in [0.15, 0.2) is 65.1 Å². The molecule has 0 saturated carbocycles. The molecule has 0 radical (unpaired) electrons. The van der Waals surface area contributed by atoms with Crippen molar-refractivity contribution < 1.29 is 41.1 Å². The first kappa shape index (κ1) is 22.5. The highest BCUT2D eigenvalue weighted by molar-refractivity contribution is 6.00. The first-order valence-electron chi connectivity index (χ1n) is 9.53. The fraction of sp³-hybridized carbons (Fsp3) is 0.182. The van der Waals surface area contributed by atoms with Gasteiger partial charge in [0.2, 0.25) is 5.72 Å². The third kappa shape index (κ3) is 4.07. The zero-order chi connectivity index (χ0) is 24.0. The van der Waals surface area contributed by atoms with Crippen LogP contribution in [0.3, 0.4) is 0 Å². The summed E-state index contributed by atoms with van der Waals surface area (Å²) in [6.07, 6.45) is -5.46. The topological polar surface area (TPSA) is 91.6 Å². The van der Waals surface area contributed by atoms with E-state index in [1.54, 1.807) is 0 Å². The second-order valence-corrected chi connectivity index (χ2v) is 7.40. The molecule has 0 bridgehead atoms. The monoisotopic (exact) mass is 466 g/mol. The van der Waals surface area contributed by atoms with E-state index in [1.807, 2.05) is 0 Å². The van der Waals surface area contributed by atoms with Gasteiger partial charge in [0.25, 0.3) is 0 Å². The zero-order valence-corrected chi connectivity index (χ0v) is 16.5. The van der Waals surface area contributed by atoms with Gasteiger partial charge in [-0.2, -0.15) is 13.2 Å². The van der Waals surface area contributed by atoms with Crippen LogP contribution in [0.5, 0.6) is 0 Å².